The Labute approximate surface area is 127 Å². The van der Waals surface area contributed by atoms with Crippen molar-refractivity contribution in [3.05, 3.63) is 44.6 Å². The minimum atomic E-state index is -4.38. The van der Waals surface area contributed by atoms with Crippen molar-refractivity contribution in [3.8, 4) is 11.4 Å². The van der Waals surface area contributed by atoms with E-state index in [1.807, 2.05) is 6.92 Å². The van der Waals surface area contributed by atoms with Gasteiger partial charge in [0, 0.05) is 11.3 Å². The maximum absolute atomic E-state index is 12.7. The molecule has 1 aromatic heterocycles. The van der Waals surface area contributed by atoms with E-state index in [1.165, 1.54) is 6.07 Å². The average molecular weight is 363 g/mol. The van der Waals surface area contributed by atoms with Crippen LogP contribution in [0.25, 0.3) is 11.4 Å². The zero-order chi connectivity index (χ0) is 14.9. The summed E-state index contributed by atoms with van der Waals surface area (Å²) in [6.07, 6.45) is -3.71. The smallest absolute Gasteiger partial charge is 0.342 e. The summed E-state index contributed by atoms with van der Waals surface area (Å²) in [7, 11) is 0. The Morgan fingerprint density at radius 1 is 1.35 bits per heavy atom. The fourth-order valence-electron chi connectivity index (χ4n) is 1.73. The SMILES string of the molecule is CCc1[nH]c(-c2cccc(C(F)(F)F)c2)nc(=S)c1Br. The Morgan fingerprint density at radius 3 is 2.65 bits per heavy atom. The lowest BCUT2D eigenvalue weighted by atomic mass is 10.1. The predicted octanol–water partition coefficient (Wildman–Crippen LogP) is 5.15. The third kappa shape index (κ3) is 3.09. The molecule has 2 nitrogen and oxygen atoms in total. The molecule has 2 rings (SSSR count). The molecule has 2 aromatic rings. The summed E-state index contributed by atoms with van der Waals surface area (Å²) in [6.45, 7) is 1.92. The van der Waals surface area contributed by atoms with Gasteiger partial charge in [-0.1, -0.05) is 31.3 Å². The fraction of sp³-hybridized carbons (Fsp3) is 0.231. The van der Waals surface area contributed by atoms with Crippen molar-refractivity contribution >= 4 is 28.1 Å². The second kappa shape index (κ2) is 5.65. The summed E-state index contributed by atoms with van der Waals surface area (Å²) in [4.78, 5) is 7.13. The first-order valence-electron chi connectivity index (χ1n) is 5.79. The van der Waals surface area contributed by atoms with Crippen molar-refractivity contribution in [1.29, 1.82) is 0 Å². The summed E-state index contributed by atoms with van der Waals surface area (Å²) in [5.41, 5.74) is 0.447. The molecule has 0 radical (unpaired) electrons. The maximum Gasteiger partial charge on any atom is 0.416 e. The lowest BCUT2D eigenvalue weighted by Gasteiger charge is -2.10. The van der Waals surface area contributed by atoms with E-state index in [2.05, 4.69) is 25.9 Å². The van der Waals surface area contributed by atoms with Gasteiger partial charge in [0.25, 0.3) is 0 Å². The number of aromatic nitrogens is 2. The van der Waals surface area contributed by atoms with Gasteiger partial charge in [0.15, 0.2) is 0 Å². The molecule has 20 heavy (non-hydrogen) atoms. The molecule has 0 aliphatic rings. The molecule has 0 saturated heterocycles. The fourth-order valence-corrected chi connectivity index (χ4v) is 2.41. The molecule has 0 spiro atoms. The van der Waals surface area contributed by atoms with Crippen LogP contribution < -0.4 is 0 Å². The molecule has 0 atom stereocenters. The van der Waals surface area contributed by atoms with Crippen LogP contribution >= 0.6 is 28.1 Å². The summed E-state index contributed by atoms with van der Waals surface area (Å²) >= 11 is 8.42. The van der Waals surface area contributed by atoms with Gasteiger partial charge in [0.05, 0.1) is 10.0 Å². The molecule has 0 aliphatic heterocycles. The van der Waals surface area contributed by atoms with Gasteiger partial charge in [-0.3, -0.25) is 0 Å². The number of benzene rings is 1. The van der Waals surface area contributed by atoms with E-state index >= 15 is 0 Å². The number of nitrogens with zero attached hydrogens (tertiary/aromatic N) is 1. The Hall–Kier alpha value is -1.21. The summed E-state index contributed by atoms with van der Waals surface area (Å²) < 4.78 is 39.1. The minimum Gasteiger partial charge on any atom is -0.342 e. The third-order valence-electron chi connectivity index (χ3n) is 2.75. The number of hydrogen-bond acceptors (Lipinski definition) is 2. The standard InChI is InChI=1S/C13H10BrF3N2S/c1-2-9-10(14)12(20)19-11(18-9)7-4-3-5-8(6-7)13(15,16)17/h3-6H,2H2,1H3,(H,18,19,20). The predicted molar refractivity (Wildman–Crippen MR) is 76.9 cm³/mol. The Kier molecular flexibility index (Phi) is 4.29. The zero-order valence-corrected chi connectivity index (χ0v) is 12.8. The molecule has 106 valence electrons. The second-order valence-corrected chi connectivity index (χ2v) is 5.29. The van der Waals surface area contributed by atoms with Crippen molar-refractivity contribution in [2.24, 2.45) is 0 Å². The summed E-state index contributed by atoms with van der Waals surface area (Å²) in [5, 5.41) is 0. The maximum atomic E-state index is 12.7. The highest BCUT2D eigenvalue weighted by Crippen LogP contribution is 2.31. The minimum absolute atomic E-state index is 0.327. The first-order valence-corrected chi connectivity index (χ1v) is 6.99. The zero-order valence-electron chi connectivity index (χ0n) is 10.4. The molecule has 0 saturated carbocycles. The number of nitrogens with one attached hydrogen (secondary N) is 1. The van der Waals surface area contributed by atoms with Gasteiger partial charge in [-0.25, -0.2) is 4.98 Å². The molecule has 7 heteroatoms. The van der Waals surface area contributed by atoms with Crippen LogP contribution in [0.2, 0.25) is 0 Å². The van der Waals surface area contributed by atoms with Crippen LogP contribution in [0.15, 0.2) is 28.7 Å². The summed E-state index contributed by atoms with van der Waals surface area (Å²) in [6, 6.07) is 5.00. The highest BCUT2D eigenvalue weighted by molar-refractivity contribution is 9.10. The van der Waals surface area contributed by atoms with Gasteiger partial charge >= 0.3 is 6.18 Å². The number of aryl methyl sites for hydroxylation is 1. The number of rotatable bonds is 2. The van der Waals surface area contributed by atoms with Gasteiger partial charge in [-0.2, -0.15) is 13.2 Å². The van der Waals surface area contributed by atoms with Crippen molar-refractivity contribution in [2.75, 3.05) is 0 Å². The molecule has 0 unspecified atom stereocenters. The molecule has 0 bridgehead atoms. The molecular weight excluding hydrogens is 353 g/mol. The number of halogens is 4. The lowest BCUT2D eigenvalue weighted by molar-refractivity contribution is -0.137. The van der Waals surface area contributed by atoms with E-state index in [-0.39, 0.29) is 0 Å². The quantitative estimate of drug-likeness (QED) is 0.748. The van der Waals surface area contributed by atoms with Gasteiger partial charge in [-0.05, 0) is 34.5 Å². The second-order valence-electron chi connectivity index (χ2n) is 4.12. The van der Waals surface area contributed by atoms with Crippen molar-refractivity contribution in [3.63, 3.8) is 0 Å². The molecule has 0 fully saturated rings. The Morgan fingerprint density at radius 2 is 2.05 bits per heavy atom. The highest BCUT2D eigenvalue weighted by atomic mass is 79.9. The third-order valence-corrected chi connectivity index (χ3v) is 4.16. The molecular formula is C13H10BrF3N2S. The van der Waals surface area contributed by atoms with Crippen molar-refractivity contribution in [1.82, 2.24) is 9.97 Å². The molecule has 1 aromatic carbocycles. The summed E-state index contributed by atoms with van der Waals surface area (Å²) in [5.74, 6) is 0.334. The molecule has 1 N–H and O–H groups in total. The molecule has 1 heterocycles. The van der Waals surface area contributed by atoms with E-state index in [0.717, 1.165) is 17.8 Å². The first-order chi connectivity index (χ1) is 9.32. The van der Waals surface area contributed by atoms with Gasteiger partial charge in [-0.15, -0.1) is 0 Å². The van der Waals surface area contributed by atoms with Gasteiger partial charge in [0.1, 0.15) is 10.5 Å². The average Bonchev–Trinajstić information content (AvgIpc) is 2.41. The monoisotopic (exact) mass is 362 g/mol. The van der Waals surface area contributed by atoms with E-state index < -0.39 is 11.7 Å². The number of H-pyrrole nitrogens is 1. The van der Waals surface area contributed by atoms with Gasteiger partial charge < -0.3 is 4.98 Å². The normalized spacial score (nSPS) is 11.7. The van der Waals surface area contributed by atoms with Crippen molar-refractivity contribution in [2.45, 2.75) is 19.5 Å². The Balaban J connectivity index is 2.58. The number of aromatic amines is 1. The van der Waals surface area contributed by atoms with E-state index in [9.17, 15) is 13.2 Å². The number of alkyl halides is 3. The van der Waals surface area contributed by atoms with Crippen LogP contribution in [0.3, 0.4) is 0 Å². The lowest BCUT2D eigenvalue weighted by Crippen LogP contribution is -2.05. The van der Waals surface area contributed by atoms with Crippen LogP contribution in [0.5, 0.6) is 0 Å². The van der Waals surface area contributed by atoms with Crippen LogP contribution in [-0.2, 0) is 12.6 Å². The van der Waals surface area contributed by atoms with E-state index in [1.54, 1.807) is 6.07 Å². The first kappa shape index (κ1) is 15.2. The van der Waals surface area contributed by atoms with Crippen LogP contribution in [0.1, 0.15) is 18.2 Å². The molecule has 0 aliphatic carbocycles. The van der Waals surface area contributed by atoms with E-state index in [4.69, 9.17) is 12.2 Å². The Bertz CT molecular complexity index is 695. The highest BCUT2D eigenvalue weighted by Gasteiger charge is 2.30. The van der Waals surface area contributed by atoms with Crippen LogP contribution in [-0.4, -0.2) is 9.97 Å². The van der Waals surface area contributed by atoms with E-state index in [0.29, 0.717) is 26.9 Å². The number of hydrogen-bond donors (Lipinski definition) is 1. The largest absolute Gasteiger partial charge is 0.416 e. The molecule has 0 amide bonds. The van der Waals surface area contributed by atoms with Gasteiger partial charge in [0.2, 0.25) is 0 Å². The van der Waals surface area contributed by atoms with Crippen molar-refractivity contribution < 1.29 is 13.2 Å². The topological polar surface area (TPSA) is 28.7 Å². The van der Waals surface area contributed by atoms with Crippen LogP contribution in [0.4, 0.5) is 13.2 Å². The van der Waals surface area contributed by atoms with Crippen LogP contribution in [0, 0.1) is 4.64 Å².